The van der Waals surface area contributed by atoms with E-state index >= 15 is 0 Å². The summed E-state index contributed by atoms with van der Waals surface area (Å²) in [5.41, 5.74) is 2.77. The summed E-state index contributed by atoms with van der Waals surface area (Å²) in [5.74, 6) is 0. The summed E-state index contributed by atoms with van der Waals surface area (Å²) in [6.45, 7) is 0. The van der Waals surface area contributed by atoms with Crippen LogP contribution in [0.25, 0.3) is 22.1 Å². The molecule has 0 saturated heterocycles. The van der Waals surface area contributed by atoms with Crippen LogP contribution in [0.3, 0.4) is 0 Å². The highest BCUT2D eigenvalue weighted by Gasteiger charge is 2.04. The molecule has 0 amide bonds. The lowest BCUT2D eigenvalue weighted by atomic mass is 10.4. The predicted molar refractivity (Wildman–Crippen MR) is 43.5 cm³/mol. The molecule has 0 fully saturated rings. The molecule has 0 aromatic carbocycles. The highest BCUT2D eigenvalue weighted by Crippen LogP contribution is 2.19. The second-order valence-corrected chi connectivity index (χ2v) is 2.57. The van der Waals surface area contributed by atoms with E-state index in [4.69, 9.17) is 0 Å². The summed E-state index contributed by atoms with van der Waals surface area (Å²) in [4.78, 5) is 11.1. The largest absolute Gasteiger partial charge is 0.336 e. The van der Waals surface area contributed by atoms with Crippen LogP contribution in [-0.2, 0) is 0 Å². The number of rotatable bonds is 0. The van der Waals surface area contributed by atoms with E-state index in [1.165, 1.54) is 6.33 Å². The second kappa shape index (κ2) is 1.82. The Bertz CT molecular complexity index is 534. The lowest BCUT2D eigenvalue weighted by Gasteiger charge is -1.84. The zero-order valence-corrected chi connectivity index (χ0v) is 6.07. The van der Waals surface area contributed by atoms with Crippen LogP contribution in [0.2, 0.25) is 0 Å². The first-order chi connectivity index (χ1) is 5.95. The van der Waals surface area contributed by atoms with Crippen molar-refractivity contribution in [1.82, 2.24) is 25.1 Å². The number of fused-ring (bicyclic) bond motifs is 3. The van der Waals surface area contributed by atoms with Gasteiger partial charge in [0.1, 0.15) is 12.0 Å². The van der Waals surface area contributed by atoms with Gasteiger partial charge in [-0.2, -0.15) is 5.10 Å². The van der Waals surface area contributed by atoms with E-state index in [1.54, 1.807) is 12.4 Å². The number of aromatic amines is 2. The van der Waals surface area contributed by atoms with Gasteiger partial charge in [-0.05, 0) is 0 Å². The molecule has 0 spiro atoms. The van der Waals surface area contributed by atoms with Crippen molar-refractivity contribution in [3.05, 3.63) is 18.7 Å². The minimum absolute atomic E-state index is 0.841. The van der Waals surface area contributed by atoms with Gasteiger partial charge in [-0.25, -0.2) is 9.97 Å². The third-order valence-electron chi connectivity index (χ3n) is 1.87. The normalized spacial score (nSPS) is 11.3. The maximum atomic E-state index is 4.08. The second-order valence-electron chi connectivity index (χ2n) is 2.57. The van der Waals surface area contributed by atoms with Crippen molar-refractivity contribution in [3.63, 3.8) is 0 Å². The summed E-state index contributed by atoms with van der Waals surface area (Å²) in [6, 6.07) is 0. The molecule has 0 saturated carbocycles. The molecule has 2 N–H and O–H groups in total. The molecule has 0 bridgehead atoms. The van der Waals surface area contributed by atoms with Gasteiger partial charge < -0.3 is 4.98 Å². The van der Waals surface area contributed by atoms with Gasteiger partial charge in [0, 0.05) is 6.20 Å². The van der Waals surface area contributed by atoms with Crippen LogP contribution in [0.5, 0.6) is 0 Å². The summed E-state index contributed by atoms with van der Waals surface area (Å²) >= 11 is 0. The van der Waals surface area contributed by atoms with Crippen molar-refractivity contribution in [2.24, 2.45) is 0 Å². The monoisotopic (exact) mass is 159 g/mol. The quantitative estimate of drug-likeness (QED) is 0.510. The van der Waals surface area contributed by atoms with Gasteiger partial charge in [-0.1, -0.05) is 0 Å². The molecular formula is C7H5N5. The Hall–Kier alpha value is -1.91. The van der Waals surface area contributed by atoms with Crippen molar-refractivity contribution < 1.29 is 0 Å². The van der Waals surface area contributed by atoms with Gasteiger partial charge in [0.2, 0.25) is 0 Å². The van der Waals surface area contributed by atoms with Crippen LogP contribution in [-0.4, -0.2) is 25.1 Å². The maximum Gasteiger partial charge on any atom is 0.143 e. The Morgan fingerprint density at radius 1 is 1.25 bits per heavy atom. The standard InChI is InChI=1S/C7H5N5/c1-4-6-5(2-10-12-6)11-7(4)9-3-8-1/h1-3H,(H,10,12)(H,8,9,11). The van der Waals surface area contributed by atoms with Gasteiger partial charge in [0.25, 0.3) is 0 Å². The maximum absolute atomic E-state index is 4.08. The van der Waals surface area contributed by atoms with Gasteiger partial charge in [-0.15, -0.1) is 0 Å². The molecule has 12 heavy (non-hydrogen) atoms. The van der Waals surface area contributed by atoms with Crippen LogP contribution in [0, 0.1) is 0 Å². The van der Waals surface area contributed by atoms with Crippen LogP contribution < -0.4 is 0 Å². The lowest BCUT2D eigenvalue weighted by Crippen LogP contribution is -1.77. The Morgan fingerprint density at radius 3 is 3.25 bits per heavy atom. The van der Waals surface area contributed by atoms with E-state index in [1.807, 2.05) is 0 Å². The molecule has 58 valence electrons. The summed E-state index contributed by atoms with van der Waals surface area (Å²) in [6.07, 6.45) is 5.02. The molecule has 3 aromatic heterocycles. The van der Waals surface area contributed by atoms with E-state index in [-0.39, 0.29) is 0 Å². The van der Waals surface area contributed by atoms with E-state index in [0.717, 1.165) is 22.1 Å². The Labute approximate surface area is 66.8 Å². The van der Waals surface area contributed by atoms with E-state index in [0.29, 0.717) is 0 Å². The number of aromatic nitrogens is 5. The zero-order valence-electron chi connectivity index (χ0n) is 6.07. The minimum Gasteiger partial charge on any atom is -0.336 e. The van der Waals surface area contributed by atoms with Crippen molar-refractivity contribution in [1.29, 1.82) is 0 Å². The molecule has 5 heteroatoms. The third-order valence-corrected chi connectivity index (χ3v) is 1.87. The third kappa shape index (κ3) is 0.554. The van der Waals surface area contributed by atoms with Crippen LogP contribution in [0.4, 0.5) is 0 Å². The molecule has 0 radical (unpaired) electrons. The highest BCUT2D eigenvalue weighted by atomic mass is 15.1. The molecule has 0 unspecified atom stereocenters. The minimum atomic E-state index is 0.841. The van der Waals surface area contributed by atoms with Crippen molar-refractivity contribution in [2.75, 3.05) is 0 Å². The van der Waals surface area contributed by atoms with E-state index < -0.39 is 0 Å². The summed E-state index contributed by atoms with van der Waals surface area (Å²) < 4.78 is 0. The molecule has 0 aliphatic heterocycles. The fraction of sp³-hybridized carbons (Fsp3) is 0. The summed E-state index contributed by atoms with van der Waals surface area (Å²) in [7, 11) is 0. The smallest absolute Gasteiger partial charge is 0.143 e. The Kier molecular flexibility index (Phi) is 0.864. The molecule has 3 aromatic rings. The van der Waals surface area contributed by atoms with Crippen LogP contribution in [0.15, 0.2) is 18.7 Å². The number of nitrogens with zero attached hydrogens (tertiary/aromatic N) is 3. The van der Waals surface area contributed by atoms with Crippen molar-refractivity contribution in [2.45, 2.75) is 0 Å². The van der Waals surface area contributed by atoms with Gasteiger partial charge in [-0.3, -0.25) is 5.10 Å². The van der Waals surface area contributed by atoms with E-state index in [9.17, 15) is 0 Å². The highest BCUT2D eigenvalue weighted by molar-refractivity contribution is 6.02. The first-order valence-corrected chi connectivity index (χ1v) is 3.56. The van der Waals surface area contributed by atoms with Gasteiger partial charge in [0.05, 0.1) is 22.6 Å². The topological polar surface area (TPSA) is 70.2 Å². The number of hydrogen-bond donors (Lipinski definition) is 2. The Morgan fingerprint density at radius 2 is 2.25 bits per heavy atom. The van der Waals surface area contributed by atoms with E-state index in [2.05, 4.69) is 25.1 Å². The molecule has 0 aliphatic rings. The average Bonchev–Trinajstić information content (AvgIpc) is 2.62. The van der Waals surface area contributed by atoms with Crippen LogP contribution >= 0.6 is 0 Å². The van der Waals surface area contributed by atoms with Crippen LogP contribution in [0.1, 0.15) is 0 Å². The number of nitrogens with one attached hydrogen (secondary N) is 2. The molecular weight excluding hydrogens is 154 g/mol. The average molecular weight is 159 g/mol. The molecule has 3 heterocycles. The molecule has 0 aliphatic carbocycles. The fourth-order valence-corrected chi connectivity index (χ4v) is 1.33. The lowest BCUT2D eigenvalue weighted by molar-refractivity contribution is 1.12. The zero-order chi connectivity index (χ0) is 7.97. The SMILES string of the molecule is c1ncc2c(n1)[nH]c1cn[nH]c12. The Balaban J connectivity index is 2.68. The van der Waals surface area contributed by atoms with Crippen molar-refractivity contribution in [3.8, 4) is 0 Å². The molecule has 0 atom stereocenters. The first kappa shape index (κ1) is 5.70. The van der Waals surface area contributed by atoms with Gasteiger partial charge >= 0.3 is 0 Å². The first-order valence-electron chi connectivity index (χ1n) is 3.56. The molecule has 5 nitrogen and oxygen atoms in total. The predicted octanol–water partition coefficient (Wildman–Crippen LogP) is 0.834. The fourth-order valence-electron chi connectivity index (χ4n) is 1.33. The van der Waals surface area contributed by atoms with Crippen molar-refractivity contribution >= 4 is 22.1 Å². The van der Waals surface area contributed by atoms with Gasteiger partial charge in [0.15, 0.2) is 0 Å². The number of hydrogen-bond acceptors (Lipinski definition) is 3. The number of H-pyrrole nitrogens is 2. The summed E-state index contributed by atoms with van der Waals surface area (Å²) in [5, 5.41) is 7.76. The molecule has 3 rings (SSSR count).